The van der Waals surface area contributed by atoms with Crippen LogP contribution in [0.1, 0.15) is 12.8 Å². The molecule has 0 radical (unpaired) electrons. The van der Waals surface area contributed by atoms with E-state index in [-0.39, 0.29) is 6.04 Å². The van der Waals surface area contributed by atoms with Gasteiger partial charge in [0, 0.05) is 0 Å². The quantitative estimate of drug-likeness (QED) is 0.402. The van der Waals surface area contributed by atoms with Crippen LogP contribution in [-0.2, 0) is 4.79 Å². The second-order valence-electron chi connectivity index (χ2n) is 2.39. The van der Waals surface area contributed by atoms with E-state index in [9.17, 15) is 4.79 Å². The van der Waals surface area contributed by atoms with Gasteiger partial charge in [0.05, 0.1) is 0 Å². The number of hydrogen-bond acceptors (Lipinski definition) is 3. The van der Waals surface area contributed by atoms with Crippen molar-refractivity contribution in [2.75, 3.05) is 6.54 Å². The van der Waals surface area contributed by atoms with Crippen LogP contribution in [0.3, 0.4) is 0 Å². The Hall–Kier alpha value is -1.30. The summed E-state index contributed by atoms with van der Waals surface area (Å²) in [6.07, 6.45) is 1.78. The molecule has 1 aliphatic rings. The maximum atomic E-state index is 10.1. The lowest BCUT2D eigenvalue weighted by atomic mass is 10.2. The first kappa shape index (κ1) is 10.7. The van der Waals surface area contributed by atoms with Crippen LogP contribution < -0.4 is 16.8 Å². The molecule has 1 fully saturated rings. The second kappa shape index (κ2) is 5.36. The number of carbonyl (C=O) groups excluding carboxylic acids is 1. The lowest BCUT2D eigenvalue weighted by molar-refractivity contribution is -0.139. The summed E-state index contributed by atoms with van der Waals surface area (Å²) in [7, 11) is 0. The molecule has 1 rings (SSSR count). The molecule has 70 valence electrons. The highest BCUT2D eigenvalue weighted by atomic mass is 16.4. The van der Waals surface area contributed by atoms with Crippen LogP contribution in [0.2, 0.25) is 0 Å². The molecule has 1 aliphatic heterocycles. The van der Waals surface area contributed by atoms with E-state index in [1.807, 2.05) is 0 Å². The van der Waals surface area contributed by atoms with Crippen LogP contribution in [0.4, 0.5) is 4.79 Å². The number of aliphatic carboxylic acids is 1. The van der Waals surface area contributed by atoms with Gasteiger partial charge in [-0.1, -0.05) is 0 Å². The molecule has 1 heterocycles. The van der Waals surface area contributed by atoms with Crippen molar-refractivity contribution >= 4 is 12.0 Å². The van der Waals surface area contributed by atoms with E-state index in [2.05, 4.69) is 16.8 Å². The Balaban J connectivity index is 0.000000261. The van der Waals surface area contributed by atoms with E-state index in [1.165, 1.54) is 0 Å². The Kier molecular flexibility index (Phi) is 4.78. The Morgan fingerprint density at radius 3 is 2.08 bits per heavy atom. The van der Waals surface area contributed by atoms with Gasteiger partial charge in [0.2, 0.25) is 0 Å². The minimum absolute atomic E-state index is 0.269. The maximum Gasteiger partial charge on any atom is 0.320 e. The molecular weight excluding hydrogens is 162 g/mol. The van der Waals surface area contributed by atoms with Gasteiger partial charge in [-0.3, -0.25) is 4.79 Å². The summed E-state index contributed by atoms with van der Waals surface area (Å²) in [5.74, 6) is -0.720. The van der Waals surface area contributed by atoms with Crippen LogP contribution >= 0.6 is 0 Å². The van der Waals surface area contributed by atoms with E-state index >= 15 is 0 Å². The normalized spacial score (nSPS) is 20.8. The fourth-order valence-corrected chi connectivity index (χ4v) is 0.895. The number of primary amides is 2. The zero-order chi connectivity index (χ0) is 9.56. The van der Waals surface area contributed by atoms with Crippen LogP contribution in [0, 0.1) is 0 Å². The van der Waals surface area contributed by atoms with Gasteiger partial charge < -0.3 is 21.9 Å². The van der Waals surface area contributed by atoms with Crippen LogP contribution in [-0.4, -0.2) is 29.7 Å². The molecule has 0 saturated carbocycles. The van der Waals surface area contributed by atoms with E-state index < -0.39 is 12.0 Å². The SMILES string of the molecule is NC(N)=O.O=C(O)C1CCCN1. The number of hydrogen-bond donors (Lipinski definition) is 4. The predicted octanol–water partition coefficient (Wildman–Crippen LogP) is -1.15. The Labute approximate surface area is 69.9 Å². The monoisotopic (exact) mass is 175 g/mol. The topological polar surface area (TPSA) is 118 Å². The molecule has 0 aliphatic carbocycles. The molecule has 0 aromatic carbocycles. The highest BCUT2D eigenvalue weighted by Crippen LogP contribution is 2.03. The summed E-state index contributed by atoms with van der Waals surface area (Å²) in [5.41, 5.74) is 8.50. The lowest BCUT2D eigenvalue weighted by Crippen LogP contribution is -2.29. The molecule has 2 amide bonds. The van der Waals surface area contributed by atoms with Gasteiger partial charge in [0.1, 0.15) is 6.04 Å². The van der Waals surface area contributed by atoms with Crippen LogP contribution in [0.5, 0.6) is 0 Å². The van der Waals surface area contributed by atoms with Crippen molar-refractivity contribution in [3.63, 3.8) is 0 Å². The molecule has 1 saturated heterocycles. The van der Waals surface area contributed by atoms with E-state index in [1.54, 1.807) is 0 Å². The standard InChI is InChI=1S/C5H9NO2.CH4N2O/c7-5(8)4-2-1-3-6-4;2-1(3)4/h4,6H,1-3H2,(H,7,8);(H4,2,3,4). The maximum absolute atomic E-state index is 10.1. The van der Waals surface area contributed by atoms with Gasteiger partial charge in [-0.2, -0.15) is 0 Å². The number of nitrogens with one attached hydrogen (secondary N) is 1. The lowest BCUT2D eigenvalue weighted by Gasteiger charge is -1.99. The van der Waals surface area contributed by atoms with Gasteiger partial charge in [0.25, 0.3) is 0 Å². The Morgan fingerprint density at radius 1 is 1.42 bits per heavy atom. The third-order valence-corrected chi connectivity index (χ3v) is 1.36. The van der Waals surface area contributed by atoms with Crippen LogP contribution in [0.25, 0.3) is 0 Å². The molecule has 1 atom stereocenters. The Bertz CT molecular complexity index is 161. The average Bonchev–Trinajstić information content (AvgIpc) is 2.34. The number of carbonyl (C=O) groups is 2. The van der Waals surface area contributed by atoms with Gasteiger partial charge in [-0.05, 0) is 19.4 Å². The third-order valence-electron chi connectivity index (χ3n) is 1.36. The van der Waals surface area contributed by atoms with Crippen LogP contribution in [0.15, 0.2) is 0 Å². The van der Waals surface area contributed by atoms with Crippen molar-refractivity contribution < 1.29 is 14.7 Å². The highest BCUT2D eigenvalue weighted by molar-refractivity contribution is 5.73. The number of urea groups is 1. The van der Waals surface area contributed by atoms with Crippen molar-refractivity contribution in [1.29, 1.82) is 0 Å². The predicted molar refractivity (Wildman–Crippen MR) is 42.4 cm³/mol. The van der Waals surface area contributed by atoms with Crippen molar-refractivity contribution in [2.24, 2.45) is 11.5 Å². The van der Waals surface area contributed by atoms with Gasteiger partial charge in [0.15, 0.2) is 0 Å². The fraction of sp³-hybridized carbons (Fsp3) is 0.667. The van der Waals surface area contributed by atoms with Gasteiger partial charge in [-0.25, -0.2) is 4.79 Å². The second-order valence-corrected chi connectivity index (χ2v) is 2.39. The molecule has 6 N–H and O–H groups in total. The molecule has 0 bridgehead atoms. The largest absolute Gasteiger partial charge is 0.480 e. The third kappa shape index (κ3) is 5.48. The summed E-state index contributed by atoms with van der Waals surface area (Å²) in [6, 6.07) is -1.10. The van der Waals surface area contributed by atoms with E-state index in [0.717, 1.165) is 19.4 Å². The molecule has 12 heavy (non-hydrogen) atoms. The fourth-order valence-electron chi connectivity index (χ4n) is 0.895. The first-order chi connectivity index (χ1) is 5.54. The average molecular weight is 175 g/mol. The molecule has 0 aromatic rings. The molecule has 0 aromatic heterocycles. The van der Waals surface area contributed by atoms with E-state index in [0.29, 0.717) is 0 Å². The number of carboxylic acids is 1. The highest BCUT2D eigenvalue weighted by Gasteiger charge is 2.20. The molecule has 6 heteroatoms. The first-order valence-corrected chi connectivity index (χ1v) is 3.55. The van der Waals surface area contributed by atoms with Crippen molar-refractivity contribution in [3.05, 3.63) is 0 Å². The first-order valence-electron chi connectivity index (χ1n) is 3.55. The number of carboxylic acid groups (broad SMARTS) is 1. The van der Waals surface area contributed by atoms with E-state index in [4.69, 9.17) is 9.90 Å². The number of rotatable bonds is 1. The minimum atomic E-state index is -0.833. The zero-order valence-electron chi connectivity index (χ0n) is 6.62. The van der Waals surface area contributed by atoms with Gasteiger partial charge in [-0.15, -0.1) is 0 Å². The summed E-state index contributed by atoms with van der Waals surface area (Å²) < 4.78 is 0. The van der Waals surface area contributed by atoms with Gasteiger partial charge >= 0.3 is 12.0 Å². The molecular formula is C6H13N3O3. The zero-order valence-corrected chi connectivity index (χ0v) is 6.62. The molecule has 0 spiro atoms. The number of nitrogens with two attached hydrogens (primary N) is 2. The number of amides is 2. The minimum Gasteiger partial charge on any atom is -0.480 e. The van der Waals surface area contributed by atoms with Crippen molar-refractivity contribution in [1.82, 2.24) is 5.32 Å². The summed E-state index contributed by atoms with van der Waals surface area (Å²) >= 11 is 0. The van der Waals surface area contributed by atoms with Crippen molar-refractivity contribution in [2.45, 2.75) is 18.9 Å². The molecule has 6 nitrogen and oxygen atoms in total. The summed E-state index contributed by atoms with van der Waals surface area (Å²) in [4.78, 5) is 19.1. The summed E-state index contributed by atoms with van der Waals surface area (Å²) in [5, 5.41) is 11.2. The summed E-state index contributed by atoms with van der Waals surface area (Å²) in [6.45, 7) is 0.858. The Morgan fingerprint density at radius 2 is 1.92 bits per heavy atom. The van der Waals surface area contributed by atoms with Crippen molar-refractivity contribution in [3.8, 4) is 0 Å². The molecule has 1 unspecified atom stereocenters. The smallest absolute Gasteiger partial charge is 0.320 e.